The molecule has 1 amide bonds. The molecule has 0 saturated carbocycles. The first kappa shape index (κ1) is 16.8. The Morgan fingerprint density at radius 2 is 2.21 bits per heavy atom. The first-order valence-electron chi connectivity index (χ1n) is 7.89. The average molecular weight is 395 g/mol. The SMILES string of the molecule is Cn1nc(N2CCCCC2CNC(=O)c2ccc(Br)o2)ccc1=O. The van der Waals surface area contributed by atoms with Crippen LogP contribution in [0.15, 0.2) is 38.1 Å². The van der Waals surface area contributed by atoms with E-state index >= 15 is 0 Å². The van der Waals surface area contributed by atoms with Crippen LogP contribution in [0, 0.1) is 0 Å². The van der Waals surface area contributed by atoms with Gasteiger partial charge in [0.05, 0.1) is 0 Å². The van der Waals surface area contributed by atoms with Crippen LogP contribution in [0.1, 0.15) is 29.8 Å². The number of halogens is 1. The van der Waals surface area contributed by atoms with Gasteiger partial charge in [-0.05, 0) is 53.4 Å². The van der Waals surface area contributed by atoms with E-state index in [4.69, 9.17) is 4.42 Å². The monoisotopic (exact) mass is 394 g/mol. The van der Waals surface area contributed by atoms with Gasteiger partial charge in [-0.15, -0.1) is 0 Å². The third kappa shape index (κ3) is 3.69. The molecule has 1 unspecified atom stereocenters. The molecule has 1 fully saturated rings. The van der Waals surface area contributed by atoms with E-state index in [1.165, 1.54) is 10.7 Å². The zero-order valence-corrected chi connectivity index (χ0v) is 15.0. The van der Waals surface area contributed by atoms with Gasteiger partial charge in [0.1, 0.15) is 5.82 Å². The normalized spacial score (nSPS) is 17.8. The Hall–Kier alpha value is -2.09. The summed E-state index contributed by atoms with van der Waals surface area (Å²) in [6, 6.07) is 6.73. The highest BCUT2D eigenvalue weighted by Gasteiger charge is 2.25. The predicted molar refractivity (Wildman–Crippen MR) is 93.2 cm³/mol. The molecule has 7 nitrogen and oxygen atoms in total. The number of rotatable bonds is 4. The van der Waals surface area contributed by atoms with E-state index in [-0.39, 0.29) is 23.3 Å². The van der Waals surface area contributed by atoms with E-state index in [2.05, 4.69) is 31.2 Å². The largest absolute Gasteiger partial charge is 0.444 e. The van der Waals surface area contributed by atoms with E-state index in [1.54, 1.807) is 25.2 Å². The standard InChI is InChI=1S/C16H19BrN4O3/c1-20-15(22)8-7-14(19-20)21-9-3-2-4-11(21)10-18-16(23)12-5-6-13(17)24-12/h5-8,11H,2-4,9-10H2,1H3,(H,18,23). The van der Waals surface area contributed by atoms with Gasteiger partial charge in [-0.2, -0.15) is 5.10 Å². The summed E-state index contributed by atoms with van der Waals surface area (Å²) in [5.41, 5.74) is -0.135. The summed E-state index contributed by atoms with van der Waals surface area (Å²) in [6.45, 7) is 1.36. The molecule has 128 valence electrons. The van der Waals surface area contributed by atoms with Gasteiger partial charge in [0.25, 0.3) is 11.5 Å². The molecule has 1 aliphatic rings. The number of aryl methyl sites for hydroxylation is 1. The summed E-state index contributed by atoms with van der Waals surface area (Å²) in [5.74, 6) is 0.806. The van der Waals surface area contributed by atoms with Crippen molar-refractivity contribution >= 4 is 27.7 Å². The summed E-state index contributed by atoms with van der Waals surface area (Å²) >= 11 is 3.19. The van der Waals surface area contributed by atoms with Crippen LogP contribution in [-0.4, -0.2) is 34.8 Å². The quantitative estimate of drug-likeness (QED) is 0.856. The van der Waals surface area contributed by atoms with Gasteiger partial charge >= 0.3 is 0 Å². The van der Waals surface area contributed by atoms with Gasteiger partial charge in [0.2, 0.25) is 0 Å². The molecule has 0 bridgehead atoms. The second-order valence-electron chi connectivity index (χ2n) is 5.81. The van der Waals surface area contributed by atoms with Crippen molar-refractivity contribution in [2.24, 2.45) is 7.05 Å². The van der Waals surface area contributed by atoms with Crippen molar-refractivity contribution in [3.63, 3.8) is 0 Å². The Kier molecular flexibility index (Phi) is 5.03. The number of aromatic nitrogens is 2. The fourth-order valence-corrected chi connectivity index (χ4v) is 3.20. The van der Waals surface area contributed by atoms with Crippen LogP contribution in [0.4, 0.5) is 5.82 Å². The smallest absolute Gasteiger partial charge is 0.287 e. The van der Waals surface area contributed by atoms with Crippen molar-refractivity contribution in [1.82, 2.24) is 15.1 Å². The van der Waals surface area contributed by atoms with Crippen LogP contribution < -0.4 is 15.8 Å². The Morgan fingerprint density at radius 1 is 1.38 bits per heavy atom. The fourth-order valence-electron chi connectivity index (χ4n) is 2.89. The molecular weight excluding hydrogens is 376 g/mol. The number of furan rings is 1. The number of hydrogen-bond acceptors (Lipinski definition) is 5. The van der Waals surface area contributed by atoms with Gasteiger partial charge in [-0.25, -0.2) is 4.68 Å². The zero-order chi connectivity index (χ0) is 17.1. The van der Waals surface area contributed by atoms with Crippen LogP contribution in [0.3, 0.4) is 0 Å². The average Bonchev–Trinajstić information content (AvgIpc) is 3.02. The van der Waals surface area contributed by atoms with Crippen molar-refractivity contribution in [3.05, 3.63) is 45.0 Å². The minimum Gasteiger partial charge on any atom is -0.444 e. The lowest BCUT2D eigenvalue weighted by atomic mass is 10.0. The maximum atomic E-state index is 12.1. The maximum absolute atomic E-state index is 12.1. The predicted octanol–water partition coefficient (Wildman–Crippen LogP) is 1.92. The molecule has 3 heterocycles. The Morgan fingerprint density at radius 3 is 2.92 bits per heavy atom. The fraction of sp³-hybridized carbons (Fsp3) is 0.438. The summed E-state index contributed by atoms with van der Waals surface area (Å²) in [7, 11) is 1.64. The number of nitrogens with zero attached hydrogens (tertiary/aromatic N) is 3. The summed E-state index contributed by atoms with van der Waals surface area (Å²) < 4.78 is 7.13. The molecule has 1 saturated heterocycles. The molecule has 1 atom stereocenters. The molecule has 8 heteroatoms. The number of carbonyl (C=O) groups is 1. The molecule has 3 rings (SSSR count). The second kappa shape index (κ2) is 7.21. The number of anilines is 1. The minimum absolute atomic E-state index is 0.135. The molecule has 2 aromatic heterocycles. The molecule has 0 aliphatic carbocycles. The maximum Gasteiger partial charge on any atom is 0.287 e. The molecule has 0 radical (unpaired) electrons. The summed E-state index contributed by atoms with van der Waals surface area (Å²) in [5, 5.41) is 7.24. The van der Waals surface area contributed by atoms with Crippen molar-refractivity contribution < 1.29 is 9.21 Å². The molecule has 0 spiro atoms. The summed E-state index contributed by atoms with van der Waals surface area (Å²) in [4.78, 5) is 25.8. The lowest BCUT2D eigenvalue weighted by molar-refractivity contribution is 0.0920. The lowest BCUT2D eigenvalue weighted by Crippen LogP contribution is -2.47. The van der Waals surface area contributed by atoms with Crippen molar-refractivity contribution in [1.29, 1.82) is 0 Å². The first-order chi connectivity index (χ1) is 11.5. The van der Waals surface area contributed by atoms with Crippen LogP contribution in [0.5, 0.6) is 0 Å². The Balaban J connectivity index is 1.69. The summed E-state index contributed by atoms with van der Waals surface area (Å²) in [6.07, 6.45) is 3.14. The number of hydrogen-bond donors (Lipinski definition) is 1. The topological polar surface area (TPSA) is 80.4 Å². The molecule has 2 aromatic rings. The van der Waals surface area contributed by atoms with Gasteiger partial charge in [0.15, 0.2) is 10.4 Å². The molecule has 1 aliphatic heterocycles. The number of nitrogens with one attached hydrogen (secondary N) is 1. The third-order valence-corrected chi connectivity index (χ3v) is 4.59. The van der Waals surface area contributed by atoms with Crippen LogP contribution >= 0.6 is 15.9 Å². The highest BCUT2D eigenvalue weighted by atomic mass is 79.9. The van der Waals surface area contributed by atoms with E-state index in [0.29, 0.717) is 11.2 Å². The van der Waals surface area contributed by atoms with E-state index in [9.17, 15) is 9.59 Å². The lowest BCUT2D eigenvalue weighted by Gasteiger charge is -2.36. The van der Waals surface area contributed by atoms with Crippen molar-refractivity contribution in [2.45, 2.75) is 25.3 Å². The Bertz CT molecular complexity index is 786. The Labute approximate surface area is 147 Å². The second-order valence-corrected chi connectivity index (χ2v) is 6.59. The number of carbonyl (C=O) groups excluding carboxylic acids is 1. The van der Waals surface area contributed by atoms with E-state index in [0.717, 1.165) is 31.6 Å². The van der Waals surface area contributed by atoms with Crippen LogP contribution in [-0.2, 0) is 7.05 Å². The number of amides is 1. The molecule has 1 N–H and O–H groups in total. The van der Waals surface area contributed by atoms with E-state index < -0.39 is 0 Å². The molecule has 0 aromatic carbocycles. The van der Waals surface area contributed by atoms with Gasteiger partial charge in [-0.3, -0.25) is 9.59 Å². The van der Waals surface area contributed by atoms with E-state index in [1.807, 2.05) is 0 Å². The first-order valence-corrected chi connectivity index (χ1v) is 8.68. The van der Waals surface area contributed by atoms with Gasteiger partial charge in [0, 0.05) is 32.2 Å². The molecule has 24 heavy (non-hydrogen) atoms. The zero-order valence-electron chi connectivity index (χ0n) is 13.4. The van der Waals surface area contributed by atoms with Crippen molar-refractivity contribution in [3.8, 4) is 0 Å². The van der Waals surface area contributed by atoms with Crippen LogP contribution in [0.25, 0.3) is 0 Å². The highest BCUT2D eigenvalue weighted by Crippen LogP contribution is 2.22. The van der Waals surface area contributed by atoms with Gasteiger partial charge < -0.3 is 14.6 Å². The highest BCUT2D eigenvalue weighted by molar-refractivity contribution is 9.10. The third-order valence-electron chi connectivity index (χ3n) is 4.16. The number of piperidine rings is 1. The molecular formula is C16H19BrN4O3. The van der Waals surface area contributed by atoms with Crippen molar-refractivity contribution in [2.75, 3.05) is 18.0 Å². The van der Waals surface area contributed by atoms with Crippen LogP contribution in [0.2, 0.25) is 0 Å². The minimum atomic E-state index is -0.236. The van der Waals surface area contributed by atoms with Gasteiger partial charge in [-0.1, -0.05) is 0 Å².